The summed E-state index contributed by atoms with van der Waals surface area (Å²) in [7, 11) is 1.00. The minimum absolute atomic E-state index is 0.0253. The molecule has 0 aliphatic carbocycles. The normalized spacial score (nSPS) is 13.9. The monoisotopic (exact) mass is 376 g/mol. The van der Waals surface area contributed by atoms with Gasteiger partial charge in [0, 0.05) is 11.8 Å². The Labute approximate surface area is 145 Å². The Morgan fingerprint density at radius 3 is 2.65 bits per heavy atom. The number of methoxy groups -OCH3 is 1. The van der Waals surface area contributed by atoms with E-state index in [0.717, 1.165) is 11.8 Å². The molecular weight excluding hydrogens is 360 g/mol. The van der Waals surface area contributed by atoms with Crippen LogP contribution in [0.4, 0.5) is 17.6 Å². The summed E-state index contributed by atoms with van der Waals surface area (Å²) in [5.41, 5.74) is -0.00617. The van der Waals surface area contributed by atoms with E-state index < -0.39 is 31.0 Å². The molecule has 0 amide bonds. The fourth-order valence-electron chi connectivity index (χ4n) is 2.20. The summed E-state index contributed by atoms with van der Waals surface area (Å²) in [5.74, 6) is -1.18. The second-order valence-corrected chi connectivity index (χ2v) is 5.29. The largest absolute Gasteiger partial charge is 0.487 e. The van der Waals surface area contributed by atoms with Crippen LogP contribution in [0.1, 0.15) is 17.4 Å². The number of nitrogens with zero attached hydrogens (tertiary/aromatic N) is 2. The van der Waals surface area contributed by atoms with Crippen molar-refractivity contribution in [2.45, 2.75) is 31.6 Å². The van der Waals surface area contributed by atoms with Crippen molar-refractivity contribution in [2.75, 3.05) is 7.11 Å². The van der Waals surface area contributed by atoms with Crippen LogP contribution in [0.15, 0.2) is 36.5 Å². The first-order valence-electron chi connectivity index (χ1n) is 7.42. The molecule has 1 aromatic heterocycles. The molecule has 0 aliphatic heterocycles. The Balaban J connectivity index is 2.15. The summed E-state index contributed by atoms with van der Waals surface area (Å²) in [5, 5.41) is 13.2. The summed E-state index contributed by atoms with van der Waals surface area (Å²) in [6, 6.07) is 6.98. The third kappa shape index (κ3) is 4.94. The zero-order valence-electron chi connectivity index (χ0n) is 13.6. The minimum atomic E-state index is -4.45. The third-order valence-electron chi connectivity index (χ3n) is 3.45. The number of ether oxygens (including phenoxy) is 2. The van der Waals surface area contributed by atoms with Gasteiger partial charge in [-0.05, 0) is 12.1 Å². The summed E-state index contributed by atoms with van der Waals surface area (Å²) < 4.78 is 62.3. The van der Waals surface area contributed by atoms with Crippen molar-refractivity contribution in [2.24, 2.45) is 0 Å². The summed E-state index contributed by atoms with van der Waals surface area (Å²) in [6.45, 7) is -1.60. The van der Waals surface area contributed by atoms with Gasteiger partial charge in [0.1, 0.15) is 18.9 Å². The maximum absolute atomic E-state index is 14.4. The van der Waals surface area contributed by atoms with Crippen molar-refractivity contribution in [3.05, 3.63) is 47.8 Å². The van der Waals surface area contributed by atoms with Gasteiger partial charge < -0.3 is 14.6 Å². The first-order valence-corrected chi connectivity index (χ1v) is 7.42. The van der Waals surface area contributed by atoms with Gasteiger partial charge in [-0.1, -0.05) is 18.2 Å². The van der Waals surface area contributed by atoms with Crippen molar-refractivity contribution in [3.63, 3.8) is 0 Å². The topological polar surface area (TPSA) is 73.6 Å². The molecule has 0 fully saturated rings. The van der Waals surface area contributed by atoms with Crippen LogP contribution in [0.5, 0.6) is 5.75 Å². The summed E-state index contributed by atoms with van der Waals surface area (Å²) in [4.78, 5) is 11.3. The van der Waals surface area contributed by atoms with Gasteiger partial charge in [0.2, 0.25) is 0 Å². The van der Waals surface area contributed by atoms with Gasteiger partial charge >= 0.3 is 12.1 Å². The van der Waals surface area contributed by atoms with E-state index in [1.54, 1.807) is 0 Å². The molecule has 2 aromatic rings. The molecule has 2 atom stereocenters. The van der Waals surface area contributed by atoms with E-state index in [1.165, 1.54) is 36.5 Å². The lowest BCUT2D eigenvalue weighted by atomic mass is 10.0. The molecule has 0 radical (unpaired) electrons. The Hall–Kier alpha value is -2.62. The summed E-state index contributed by atoms with van der Waals surface area (Å²) >= 11 is 0. The molecule has 10 heteroatoms. The van der Waals surface area contributed by atoms with Crippen LogP contribution in [0.25, 0.3) is 0 Å². The predicted molar refractivity (Wildman–Crippen MR) is 80.9 cm³/mol. The lowest BCUT2D eigenvalue weighted by Crippen LogP contribution is -2.27. The molecule has 0 spiro atoms. The van der Waals surface area contributed by atoms with Crippen molar-refractivity contribution >= 4 is 5.97 Å². The lowest BCUT2D eigenvalue weighted by molar-refractivity contribution is -0.154. The fraction of sp³-hybridized carbons (Fsp3) is 0.375. The van der Waals surface area contributed by atoms with Gasteiger partial charge in [0.05, 0.1) is 12.8 Å². The number of halogens is 4. The highest BCUT2D eigenvalue weighted by molar-refractivity contribution is 5.75. The number of rotatable bonds is 7. The van der Waals surface area contributed by atoms with E-state index in [-0.39, 0.29) is 23.6 Å². The highest BCUT2D eigenvalue weighted by Gasteiger charge is 2.31. The molecule has 0 unspecified atom stereocenters. The molecule has 1 heterocycles. The van der Waals surface area contributed by atoms with Crippen molar-refractivity contribution in [1.29, 1.82) is 0 Å². The van der Waals surface area contributed by atoms with Gasteiger partial charge in [-0.3, -0.25) is 4.68 Å². The van der Waals surface area contributed by atoms with Crippen LogP contribution in [0.2, 0.25) is 0 Å². The van der Waals surface area contributed by atoms with Crippen LogP contribution in [0, 0.1) is 0 Å². The number of benzene rings is 1. The van der Waals surface area contributed by atoms with Gasteiger partial charge in [0.15, 0.2) is 12.3 Å². The lowest BCUT2D eigenvalue weighted by Gasteiger charge is -2.18. The number of esters is 1. The molecule has 6 nitrogen and oxygen atoms in total. The van der Waals surface area contributed by atoms with Crippen LogP contribution in [-0.4, -0.2) is 40.2 Å². The van der Waals surface area contributed by atoms with Crippen LogP contribution >= 0.6 is 0 Å². The number of carbonyl (C=O) groups excluding carboxylic acids is 1. The molecule has 0 saturated carbocycles. The first kappa shape index (κ1) is 19.7. The van der Waals surface area contributed by atoms with Crippen molar-refractivity contribution in [3.8, 4) is 5.75 Å². The zero-order chi connectivity index (χ0) is 19.3. The number of hydrogen-bond acceptors (Lipinski definition) is 5. The SMILES string of the molecule is COC(=O)[C@H](O)[C@@H](F)c1ccccc1OCc1ccnn1CC(F)(F)F. The molecule has 1 N–H and O–H groups in total. The first-order chi connectivity index (χ1) is 12.2. The molecule has 2 rings (SSSR count). The average Bonchev–Trinajstić information content (AvgIpc) is 3.03. The number of carbonyl (C=O) groups is 1. The van der Waals surface area contributed by atoms with Crippen LogP contribution in [0.3, 0.4) is 0 Å². The minimum Gasteiger partial charge on any atom is -0.487 e. The molecule has 0 aliphatic rings. The number of alkyl halides is 4. The standard InChI is InChI=1S/C16H16F4N2O4/c1-25-15(24)14(23)13(17)11-4-2-3-5-12(11)26-8-10-6-7-21-22(10)9-16(18,19)20/h2-7,13-14,23H,8-9H2,1H3/t13-,14+/m0/s1. The maximum Gasteiger partial charge on any atom is 0.408 e. The van der Waals surface area contributed by atoms with E-state index in [9.17, 15) is 27.5 Å². The second kappa shape index (κ2) is 8.17. The molecular formula is C16H16F4N2O4. The van der Waals surface area contributed by atoms with E-state index >= 15 is 0 Å². The maximum atomic E-state index is 14.4. The number of aliphatic hydroxyl groups is 1. The zero-order valence-corrected chi connectivity index (χ0v) is 13.6. The Kier molecular flexibility index (Phi) is 6.19. The molecule has 1 aromatic carbocycles. The smallest absolute Gasteiger partial charge is 0.408 e. The van der Waals surface area contributed by atoms with E-state index in [1.807, 2.05) is 0 Å². The number of hydrogen-bond donors (Lipinski definition) is 1. The van der Waals surface area contributed by atoms with E-state index in [0.29, 0.717) is 0 Å². The Morgan fingerprint density at radius 2 is 2.00 bits per heavy atom. The Morgan fingerprint density at radius 1 is 1.31 bits per heavy atom. The van der Waals surface area contributed by atoms with Crippen molar-refractivity contribution < 1.29 is 36.9 Å². The van der Waals surface area contributed by atoms with Gasteiger partial charge in [-0.15, -0.1) is 0 Å². The number of aromatic nitrogens is 2. The highest BCUT2D eigenvalue weighted by atomic mass is 19.4. The number of para-hydroxylation sites is 1. The fourth-order valence-corrected chi connectivity index (χ4v) is 2.20. The highest BCUT2D eigenvalue weighted by Crippen LogP contribution is 2.31. The number of aliphatic hydroxyl groups excluding tert-OH is 1. The Bertz CT molecular complexity index is 748. The summed E-state index contributed by atoms with van der Waals surface area (Å²) in [6.07, 6.45) is -7.44. The second-order valence-electron chi connectivity index (χ2n) is 5.29. The van der Waals surface area contributed by atoms with Gasteiger partial charge in [0.25, 0.3) is 0 Å². The quantitative estimate of drug-likeness (QED) is 0.594. The van der Waals surface area contributed by atoms with E-state index in [2.05, 4.69) is 9.84 Å². The molecule has 26 heavy (non-hydrogen) atoms. The average molecular weight is 376 g/mol. The third-order valence-corrected chi connectivity index (χ3v) is 3.45. The van der Waals surface area contributed by atoms with Gasteiger partial charge in [-0.2, -0.15) is 18.3 Å². The van der Waals surface area contributed by atoms with Crippen LogP contribution in [-0.2, 0) is 22.7 Å². The van der Waals surface area contributed by atoms with E-state index in [4.69, 9.17) is 4.74 Å². The molecule has 0 saturated heterocycles. The predicted octanol–water partition coefficient (Wildman–Crippen LogP) is 2.57. The van der Waals surface area contributed by atoms with Gasteiger partial charge in [-0.25, -0.2) is 9.18 Å². The molecule has 0 bridgehead atoms. The van der Waals surface area contributed by atoms with Crippen molar-refractivity contribution in [1.82, 2.24) is 9.78 Å². The van der Waals surface area contributed by atoms with Crippen LogP contribution < -0.4 is 4.74 Å². The molecule has 142 valence electrons.